The monoisotopic (exact) mass is 233 g/mol. The third kappa shape index (κ3) is 2.63. The Hall–Kier alpha value is -1.02. The quantitative estimate of drug-likeness (QED) is 0.843. The Bertz CT molecular complexity index is 413. The first-order valence-electron chi connectivity index (χ1n) is 6.39. The molecule has 2 rings (SSSR count). The van der Waals surface area contributed by atoms with E-state index in [1.165, 1.54) is 5.56 Å². The molecule has 2 nitrogen and oxygen atoms in total. The standard InChI is InChI=1S/C15H23NO/c1-14(2,3)9-11-4-5-13(17)12(8-11)15(10-16)6-7-15/h4-5,8,17H,6-7,9-10,16H2,1-3H3. The Morgan fingerprint density at radius 2 is 1.94 bits per heavy atom. The molecule has 1 aliphatic carbocycles. The molecule has 0 amide bonds. The maximum absolute atomic E-state index is 9.98. The van der Waals surface area contributed by atoms with Crippen LogP contribution >= 0.6 is 0 Å². The minimum atomic E-state index is 0.0674. The predicted molar refractivity (Wildman–Crippen MR) is 71.2 cm³/mol. The van der Waals surface area contributed by atoms with E-state index in [9.17, 15) is 5.11 Å². The van der Waals surface area contributed by atoms with Gasteiger partial charge < -0.3 is 10.8 Å². The summed E-state index contributed by atoms with van der Waals surface area (Å²) < 4.78 is 0. The molecular formula is C15H23NO. The fraction of sp³-hybridized carbons (Fsp3) is 0.600. The van der Waals surface area contributed by atoms with Crippen molar-refractivity contribution in [2.24, 2.45) is 11.1 Å². The molecule has 0 unspecified atom stereocenters. The highest BCUT2D eigenvalue weighted by Gasteiger charge is 2.44. The van der Waals surface area contributed by atoms with Crippen molar-refractivity contribution in [3.05, 3.63) is 29.3 Å². The van der Waals surface area contributed by atoms with Gasteiger partial charge in [0, 0.05) is 17.5 Å². The first-order valence-corrected chi connectivity index (χ1v) is 6.39. The van der Waals surface area contributed by atoms with E-state index in [2.05, 4.69) is 26.8 Å². The van der Waals surface area contributed by atoms with E-state index in [1.54, 1.807) is 0 Å². The lowest BCUT2D eigenvalue weighted by molar-refractivity contribution is 0.409. The zero-order valence-electron chi connectivity index (χ0n) is 11.1. The van der Waals surface area contributed by atoms with Crippen molar-refractivity contribution in [3.8, 4) is 5.75 Å². The minimum Gasteiger partial charge on any atom is -0.508 e. The molecule has 2 heteroatoms. The highest BCUT2D eigenvalue weighted by Crippen LogP contribution is 2.50. The summed E-state index contributed by atoms with van der Waals surface area (Å²) in [6, 6.07) is 6.00. The van der Waals surface area contributed by atoms with Crippen LogP contribution in [0.15, 0.2) is 18.2 Å². The summed E-state index contributed by atoms with van der Waals surface area (Å²) in [4.78, 5) is 0. The van der Waals surface area contributed by atoms with Crippen molar-refractivity contribution in [2.45, 2.75) is 45.4 Å². The summed E-state index contributed by atoms with van der Waals surface area (Å²) in [5.41, 5.74) is 8.53. The summed E-state index contributed by atoms with van der Waals surface area (Å²) in [6.45, 7) is 7.33. The Balaban J connectivity index is 2.30. The molecule has 0 atom stereocenters. The van der Waals surface area contributed by atoms with Crippen LogP contribution in [0.3, 0.4) is 0 Å². The summed E-state index contributed by atoms with van der Waals surface area (Å²) >= 11 is 0. The second kappa shape index (κ2) is 4.02. The molecule has 1 aromatic carbocycles. The molecule has 3 N–H and O–H groups in total. The van der Waals surface area contributed by atoms with Crippen LogP contribution in [0.2, 0.25) is 0 Å². The van der Waals surface area contributed by atoms with Gasteiger partial charge in [-0.25, -0.2) is 0 Å². The normalized spacial score (nSPS) is 18.1. The van der Waals surface area contributed by atoms with Gasteiger partial charge in [-0.15, -0.1) is 0 Å². The Kier molecular flexibility index (Phi) is 2.94. The largest absolute Gasteiger partial charge is 0.508 e. The van der Waals surface area contributed by atoms with Crippen LogP contribution in [0.5, 0.6) is 5.75 Å². The van der Waals surface area contributed by atoms with Crippen molar-refractivity contribution in [1.82, 2.24) is 0 Å². The van der Waals surface area contributed by atoms with E-state index in [1.807, 2.05) is 12.1 Å². The van der Waals surface area contributed by atoms with Crippen molar-refractivity contribution in [1.29, 1.82) is 0 Å². The molecular weight excluding hydrogens is 210 g/mol. The third-order valence-electron chi connectivity index (χ3n) is 3.61. The second-order valence-electron chi connectivity index (χ2n) is 6.57. The van der Waals surface area contributed by atoms with Crippen LogP contribution in [0.1, 0.15) is 44.7 Å². The molecule has 1 fully saturated rings. The van der Waals surface area contributed by atoms with Gasteiger partial charge in [0.1, 0.15) is 5.75 Å². The summed E-state index contributed by atoms with van der Waals surface area (Å²) in [6.07, 6.45) is 3.24. The van der Waals surface area contributed by atoms with Gasteiger partial charge in [0.05, 0.1) is 0 Å². The number of rotatable bonds is 3. The highest BCUT2D eigenvalue weighted by atomic mass is 16.3. The first-order chi connectivity index (χ1) is 7.86. The molecule has 0 aromatic heterocycles. The van der Waals surface area contributed by atoms with Gasteiger partial charge >= 0.3 is 0 Å². The summed E-state index contributed by atoms with van der Waals surface area (Å²) in [5, 5.41) is 9.98. The van der Waals surface area contributed by atoms with Crippen LogP contribution < -0.4 is 5.73 Å². The third-order valence-corrected chi connectivity index (χ3v) is 3.61. The number of phenolic OH excluding ortho intramolecular Hbond substituents is 1. The molecule has 0 saturated heterocycles. The van der Waals surface area contributed by atoms with Gasteiger partial charge in [-0.05, 0) is 36.3 Å². The van der Waals surface area contributed by atoms with E-state index >= 15 is 0 Å². The lowest BCUT2D eigenvalue weighted by Crippen LogP contribution is -2.20. The lowest BCUT2D eigenvalue weighted by atomic mass is 9.85. The molecule has 0 bridgehead atoms. The molecule has 94 valence electrons. The van der Waals surface area contributed by atoms with Gasteiger partial charge in [0.15, 0.2) is 0 Å². The smallest absolute Gasteiger partial charge is 0.119 e. The number of phenols is 1. The Labute approximate surface area is 104 Å². The van der Waals surface area contributed by atoms with Crippen LogP contribution in [0.25, 0.3) is 0 Å². The van der Waals surface area contributed by atoms with Gasteiger partial charge in [-0.3, -0.25) is 0 Å². The molecule has 1 aromatic rings. The first kappa shape index (κ1) is 12.4. The number of hydrogen-bond donors (Lipinski definition) is 2. The number of hydrogen-bond acceptors (Lipinski definition) is 2. The minimum absolute atomic E-state index is 0.0674. The van der Waals surface area contributed by atoms with Gasteiger partial charge in [0.2, 0.25) is 0 Å². The Morgan fingerprint density at radius 3 is 2.41 bits per heavy atom. The number of aromatic hydroxyl groups is 1. The molecule has 1 saturated carbocycles. The van der Waals surface area contributed by atoms with Crippen LogP contribution in [-0.4, -0.2) is 11.7 Å². The molecule has 0 spiro atoms. The molecule has 0 radical (unpaired) electrons. The van der Waals surface area contributed by atoms with Crippen molar-refractivity contribution in [3.63, 3.8) is 0 Å². The number of nitrogens with two attached hydrogens (primary N) is 1. The van der Waals surface area contributed by atoms with Crippen LogP contribution in [0.4, 0.5) is 0 Å². The van der Waals surface area contributed by atoms with Gasteiger partial charge in [0.25, 0.3) is 0 Å². The maximum Gasteiger partial charge on any atom is 0.119 e. The lowest BCUT2D eigenvalue weighted by Gasteiger charge is -2.21. The number of benzene rings is 1. The zero-order valence-corrected chi connectivity index (χ0v) is 11.1. The van der Waals surface area contributed by atoms with E-state index in [0.717, 1.165) is 24.8 Å². The van der Waals surface area contributed by atoms with Crippen molar-refractivity contribution in [2.75, 3.05) is 6.54 Å². The highest BCUT2D eigenvalue weighted by molar-refractivity contribution is 5.45. The average molecular weight is 233 g/mol. The van der Waals surface area contributed by atoms with Crippen molar-refractivity contribution < 1.29 is 5.11 Å². The van der Waals surface area contributed by atoms with Crippen LogP contribution in [-0.2, 0) is 11.8 Å². The van der Waals surface area contributed by atoms with Crippen molar-refractivity contribution >= 4 is 0 Å². The fourth-order valence-electron chi connectivity index (χ4n) is 2.46. The fourth-order valence-corrected chi connectivity index (χ4v) is 2.46. The Morgan fingerprint density at radius 1 is 1.29 bits per heavy atom. The molecule has 17 heavy (non-hydrogen) atoms. The van der Waals surface area contributed by atoms with E-state index < -0.39 is 0 Å². The van der Waals surface area contributed by atoms with Crippen LogP contribution in [0, 0.1) is 5.41 Å². The second-order valence-corrected chi connectivity index (χ2v) is 6.57. The summed E-state index contributed by atoms with van der Waals surface area (Å²) in [5.74, 6) is 0.408. The molecule has 0 aliphatic heterocycles. The topological polar surface area (TPSA) is 46.2 Å². The average Bonchev–Trinajstić information content (AvgIpc) is 2.99. The predicted octanol–water partition coefficient (Wildman–Crippen LogP) is 2.97. The molecule has 0 heterocycles. The van der Waals surface area contributed by atoms with E-state index in [4.69, 9.17) is 5.73 Å². The van der Waals surface area contributed by atoms with E-state index in [0.29, 0.717) is 12.3 Å². The zero-order chi connectivity index (χ0) is 12.7. The summed E-state index contributed by atoms with van der Waals surface area (Å²) in [7, 11) is 0. The van der Waals surface area contributed by atoms with Gasteiger partial charge in [-0.2, -0.15) is 0 Å². The van der Waals surface area contributed by atoms with E-state index in [-0.39, 0.29) is 10.8 Å². The van der Waals surface area contributed by atoms with Gasteiger partial charge in [-0.1, -0.05) is 32.9 Å². The maximum atomic E-state index is 9.98. The molecule has 1 aliphatic rings. The SMILES string of the molecule is CC(C)(C)Cc1ccc(O)c(C2(CN)CC2)c1.